The lowest BCUT2D eigenvalue weighted by Gasteiger charge is -2.36. The Hall–Kier alpha value is -2.50. The van der Waals surface area contributed by atoms with Crippen LogP contribution in [-0.2, 0) is 4.79 Å². The van der Waals surface area contributed by atoms with E-state index in [9.17, 15) is 9.59 Å². The van der Waals surface area contributed by atoms with Gasteiger partial charge < -0.3 is 9.80 Å². The van der Waals surface area contributed by atoms with Crippen molar-refractivity contribution in [3.8, 4) is 0 Å². The maximum absolute atomic E-state index is 12.7. The van der Waals surface area contributed by atoms with E-state index >= 15 is 0 Å². The molecule has 0 unspecified atom stereocenters. The van der Waals surface area contributed by atoms with Crippen molar-refractivity contribution in [3.63, 3.8) is 0 Å². The summed E-state index contributed by atoms with van der Waals surface area (Å²) in [5, 5.41) is 0. The van der Waals surface area contributed by atoms with E-state index in [1.54, 1.807) is 18.5 Å². The third-order valence-electron chi connectivity index (χ3n) is 5.02. The summed E-state index contributed by atoms with van der Waals surface area (Å²) in [6, 6.07) is 5.76. The minimum atomic E-state index is 0.0359. The summed E-state index contributed by atoms with van der Waals surface area (Å²) in [7, 11) is 0. The Morgan fingerprint density at radius 1 is 1.04 bits per heavy atom. The van der Waals surface area contributed by atoms with Crippen LogP contribution in [0.25, 0.3) is 11.0 Å². The molecule has 2 fully saturated rings. The van der Waals surface area contributed by atoms with Gasteiger partial charge in [0.25, 0.3) is 5.91 Å². The maximum Gasteiger partial charge on any atom is 0.253 e. The molecule has 1 aromatic carbocycles. The fourth-order valence-corrected chi connectivity index (χ4v) is 3.71. The molecule has 0 bridgehead atoms. The van der Waals surface area contributed by atoms with E-state index in [0.717, 1.165) is 36.8 Å². The Morgan fingerprint density at radius 3 is 2.50 bits per heavy atom. The largest absolute Gasteiger partial charge is 0.340 e. The number of rotatable bonds is 2. The van der Waals surface area contributed by atoms with Crippen LogP contribution in [0.5, 0.6) is 0 Å². The van der Waals surface area contributed by atoms with Gasteiger partial charge in [-0.25, -0.2) is 0 Å². The molecular weight excluding hydrogens is 304 g/mol. The quantitative estimate of drug-likeness (QED) is 0.846. The average Bonchev–Trinajstić information content (AvgIpc) is 3.07. The van der Waals surface area contributed by atoms with Crippen molar-refractivity contribution in [3.05, 3.63) is 36.2 Å². The fourth-order valence-electron chi connectivity index (χ4n) is 3.71. The first-order chi connectivity index (χ1) is 11.7. The molecule has 0 N–H and O–H groups in total. The molecule has 0 radical (unpaired) electrons. The number of benzene rings is 1. The van der Waals surface area contributed by atoms with Gasteiger partial charge in [-0.1, -0.05) is 0 Å². The average molecular weight is 324 g/mol. The van der Waals surface area contributed by atoms with Crippen LogP contribution in [0.4, 0.5) is 0 Å². The Balaban J connectivity index is 1.44. The highest BCUT2D eigenvalue weighted by Gasteiger charge is 2.32. The first-order valence-corrected chi connectivity index (χ1v) is 8.52. The number of nitrogens with zero attached hydrogens (tertiary/aromatic N) is 4. The van der Waals surface area contributed by atoms with Gasteiger partial charge in [-0.05, 0) is 37.5 Å². The Labute approximate surface area is 140 Å². The van der Waals surface area contributed by atoms with Crippen LogP contribution in [0.2, 0.25) is 0 Å². The molecule has 6 nitrogen and oxygen atoms in total. The van der Waals surface area contributed by atoms with Crippen molar-refractivity contribution in [1.29, 1.82) is 0 Å². The minimum absolute atomic E-state index is 0.0359. The zero-order chi connectivity index (χ0) is 16.5. The number of amides is 2. The monoisotopic (exact) mass is 324 g/mol. The van der Waals surface area contributed by atoms with Crippen LogP contribution in [0.15, 0.2) is 30.6 Å². The van der Waals surface area contributed by atoms with E-state index in [-0.39, 0.29) is 11.8 Å². The van der Waals surface area contributed by atoms with E-state index in [1.807, 2.05) is 21.9 Å². The molecule has 2 aliphatic rings. The van der Waals surface area contributed by atoms with Crippen molar-refractivity contribution in [2.45, 2.75) is 31.7 Å². The summed E-state index contributed by atoms with van der Waals surface area (Å²) in [5.41, 5.74) is 2.18. The van der Waals surface area contributed by atoms with E-state index in [0.29, 0.717) is 31.1 Å². The molecule has 4 rings (SSSR count). The zero-order valence-corrected chi connectivity index (χ0v) is 13.5. The van der Waals surface area contributed by atoms with Crippen LogP contribution in [-0.4, -0.2) is 57.3 Å². The molecule has 124 valence electrons. The molecule has 2 aromatic rings. The molecule has 0 spiro atoms. The van der Waals surface area contributed by atoms with E-state index < -0.39 is 0 Å². The van der Waals surface area contributed by atoms with Gasteiger partial charge in [0.15, 0.2) is 0 Å². The zero-order valence-electron chi connectivity index (χ0n) is 13.5. The summed E-state index contributed by atoms with van der Waals surface area (Å²) in [6.45, 7) is 2.28. The molecule has 2 saturated heterocycles. The van der Waals surface area contributed by atoms with Gasteiger partial charge in [-0.3, -0.25) is 19.6 Å². The summed E-state index contributed by atoms with van der Waals surface area (Å²) >= 11 is 0. The summed E-state index contributed by atoms with van der Waals surface area (Å²) in [4.78, 5) is 37.0. The van der Waals surface area contributed by atoms with Crippen LogP contribution in [0.1, 0.15) is 36.0 Å². The second-order valence-corrected chi connectivity index (χ2v) is 6.47. The number of carbonyl (C=O) groups excluding carboxylic acids is 2. The molecule has 2 aliphatic heterocycles. The van der Waals surface area contributed by atoms with E-state index in [1.165, 1.54) is 0 Å². The maximum atomic E-state index is 12.7. The summed E-state index contributed by atoms with van der Waals surface area (Å²) in [5.74, 6) is 0.307. The minimum Gasteiger partial charge on any atom is -0.340 e. The first kappa shape index (κ1) is 15.1. The lowest BCUT2D eigenvalue weighted by Crippen LogP contribution is -2.47. The summed E-state index contributed by atoms with van der Waals surface area (Å²) < 4.78 is 0. The van der Waals surface area contributed by atoms with Crippen molar-refractivity contribution in [2.75, 3.05) is 19.6 Å². The van der Waals surface area contributed by atoms with Gasteiger partial charge >= 0.3 is 0 Å². The molecule has 6 heteroatoms. The van der Waals surface area contributed by atoms with Gasteiger partial charge in [0.05, 0.1) is 11.0 Å². The van der Waals surface area contributed by atoms with Crippen molar-refractivity contribution < 1.29 is 9.59 Å². The lowest BCUT2D eigenvalue weighted by atomic mass is 10.0. The Kier molecular flexibility index (Phi) is 3.88. The highest BCUT2D eigenvalue weighted by molar-refractivity contribution is 5.97. The topological polar surface area (TPSA) is 66.4 Å². The number of carbonyl (C=O) groups is 2. The SMILES string of the molecule is O=C(c1ccc2nccnc2c1)N1CCC(N2CCCC2=O)CC1. The molecule has 0 atom stereocenters. The number of likely N-dealkylation sites (tertiary alicyclic amines) is 2. The number of hydrogen-bond acceptors (Lipinski definition) is 4. The van der Waals surface area contributed by atoms with Crippen molar-refractivity contribution in [1.82, 2.24) is 19.8 Å². The summed E-state index contributed by atoms with van der Waals surface area (Å²) in [6.07, 6.45) is 6.66. The molecule has 0 saturated carbocycles. The smallest absolute Gasteiger partial charge is 0.253 e. The third-order valence-corrected chi connectivity index (χ3v) is 5.02. The van der Waals surface area contributed by atoms with Gasteiger partial charge in [-0.15, -0.1) is 0 Å². The van der Waals surface area contributed by atoms with Crippen LogP contribution in [0, 0.1) is 0 Å². The van der Waals surface area contributed by atoms with Gasteiger partial charge in [0.2, 0.25) is 5.91 Å². The Bertz CT molecular complexity index is 783. The van der Waals surface area contributed by atoms with Crippen LogP contribution in [0.3, 0.4) is 0 Å². The fraction of sp³-hybridized carbons (Fsp3) is 0.444. The third kappa shape index (κ3) is 2.72. The van der Waals surface area contributed by atoms with E-state index in [4.69, 9.17) is 0 Å². The molecule has 0 aliphatic carbocycles. The van der Waals surface area contributed by atoms with Gasteiger partial charge in [0, 0.05) is 50.1 Å². The second-order valence-electron chi connectivity index (χ2n) is 6.47. The first-order valence-electron chi connectivity index (χ1n) is 8.52. The van der Waals surface area contributed by atoms with E-state index in [2.05, 4.69) is 9.97 Å². The Morgan fingerprint density at radius 2 is 1.79 bits per heavy atom. The normalized spacial score (nSPS) is 19.2. The predicted molar refractivity (Wildman–Crippen MR) is 89.4 cm³/mol. The second kappa shape index (κ2) is 6.19. The molecule has 2 amide bonds. The van der Waals surface area contributed by atoms with Gasteiger partial charge in [-0.2, -0.15) is 0 Å². The number of piperidine rings is 1. The number of aromatic nitrogens is 2. The number of hydrogen-bond donors (Lipinski definition) is 0. The molecule has 3 heterocycles. The van der Waals surface area contributed by atoms with Crippen LogP contribution < -0.4 is 0 Å². The van der Waals surface area contributed by atoms with Crippen LogP contribution >= 0.6 is 0 Å². The van der Waals surface area contributed by atoms with Crippen molar-refractivity contribution >= 4 is 22.8 Å². The lowest BCUT2D eigenvalue weighted by molar-refractivity contribution is -0.130. The highest BCUT2D eigenvalue weighted by atomic mass is 16.2. The molecule has 1 aromatic heterocycles. The van der Waals surface area contributed by atoms with Crippen molar-refractivity contribution in [2.24, 2.45) is 0 Å². The number of fused-ring (bicyclic) bond motifs is 1. The predicted octanol–water partition coefficient (Wildman–Crippen LogP) is 1.86. The standard InChI is InChI=1S/C18H20N4O2/c23-17-2-1-9-22(17)14-5-10-21(11-6-14)18(24)13-3-4-15-16(12-13)20-8-7-19-15/h3-4,7-8,12,14H,1-2,5-6,9-11H2. The molecular formula is C18H20N4O2. The highest BCUT2D eigenvalue weighted by Crippen LogP contribution is 2.23. The van der Waals surface area contributed by atoms with Gasteiger partial charge in [0.1, 0.15) is 0 Å². The molecule has 24 heavy (non-hydrogen) atoms.